The normalized spacial score (nSPS) is 12.0. The second kappa shape index (κ2) is 6.87. The summed E-state index contributed by atoms with van der Waals surface area (Å²) >= 11 is 1.45. The van der Waals surface area contributed by atoms with Crippen LogP contribution in [0.5, 0.6) is 0 Å². The van der Waals surface area contributed by atoms with Crippen molar-refractivity contribution in [2.75, 3.05) is 6.54 Å². The number of carbonyl (C=O) groups is 1. The third kappa shape index (κ3) is 4.19. The molecule has 0 aliphatic carbocycles. The molecule has 10 heteroatoms. The minimum absolute atomic E-state index is 0.0257. The van der Waals surface area contributed by atoms with Crippen molar-refractivity contribution in [3.05, 3.63) is 22.5 Å². The van der Waals surface area contributed by atoms with Crippen LogP contribution in [0.2, 0.25) is 0 Å². The number of aryl methyl sites for hydroxylation is 2. The van der Waals surface area contributed by atoms with Gasteiger partial charge in [0.1, 0.15) is 5.01 Å². The van der Waals surface area contributed by atoms with Gasteiger partial charge in [0, 0.05) is 31.2 Å². The van der Waals surface area contributed by atoms with E-state index in [4.69, 9.17) is 4.52 Å². The molecule has 0 radical (unpaired) electrons. The van der Waals surface area contributed by atoms with Crippen LogP contribution in [0.15, 0.2) is 4.52 Å². The molecule has 0 unspecified atom stereocenters. The SMILES string of the molecule is Cc1nnc2sc(CCC(=O)NCCc3noc(C(C)(C)C)n3)nn12. The number of carbonyl (C=O) groups excluding carboxylic acids is 1. The molecule has 3 aromatic heterocycles. The minimum atomic E-state index is -0.171. The van der Waals surface area contributed by atoms with Crippen LogP contribution in [-0.2, 0) is 23.1 Å². The molecule has 25 heavy (non-hydrogen) atoms. The summed E-state index contributed by atoms with van der Waals surface area (Å²) in [6, 6.07) is 0. The zero-order valence-corrected chi connectivity index (χ0v) is 15.6. The topological polar surface area (TPSA) is 111 Å². The van der Waals surface area contributed by atoms with Gasteiger partial charge < -0.3 is 9.84 Å². The fourth-order valence-corrected chi connectivity index (χ4v) is 3.02. The highest BCUT2D eigenvalue weighted by Crippen LogP contribution is 2.19. The van der Waals surface area contributed by atoms with Crippen LogP contribution in [0.1, 0.15) is 49.7 Å². The summed E-state index contributed by atoms with van der Waals surface area (Å²) in [6.45, 7) is 8.36. The molecule has 9 nitrogen and oxygen atoms in total. The van der Waals surface area contributed by atoms with Crippen LogP contribution in [0.4, 0.5) is 0 Å². The molecule has 134 valence electrons. The highest BCUT2D eigenvalue weighted by atomic mass is 32.1. The second-order valence-corrected chi connectivity index (χ2v) is 7.84. The third-order valence-electron chi connectivity index (χ3n) is 3.54. The van der Waals surface area contributed by atoms with Crippen molar-refractivity contribution < 1.29 is 9.32 Å². The molecule has 1 N–H and O–H groups in total. The van der Waals surface area contributed by atoms with Crippen LogP contribution in [0.3, 0.4) is 0 Å². The number of nitrogens with one attached hydrogen (secondary N) is 1. The van der Waals surface area contributed by atoms with Crippen molar-refractivity contribution in [3.63, 3.8) is 0 Å². The summed E-state index contributed by atoms with van der Waals surface area (Å²) in [5.41, 5.74) is -0.171. The van der Waals surface area contributed by atoms with Crippen molar-refractivity contribution in [3.8, 4) is 0 Å². The molecule has 0 aromatic carbocycles. The Morgan fingerprint density at radius 1 is 1.28 bits per heavy atom. The highest BCUT2D eigenvalue weighted by Gasteiger charge is 2.21. The maximum atomic E-state index is 12.0. The van der Waals surface area contributed by atoms with E-state index in [0.717, 1.165) is 15.8 Å². The molecule has 0 aliphatic heterocycles. The summed E-state index contributed by atoms with van der Waals surface area (Å²) in [5, 5.41) is 20.0. The van der Waals surface area contributed by atoms with Gasteiger partial charge in [-0.3, -0.25) is 4.79 Å². The standard InChI is InChI=1S/C15H21N7O2S/c1-9-18-19-14-22(9)20-12(25-14)6-5-11(23)16-8-7-10-17-13(24-21-10)15(2,3)4/h5-8H2,1-4H3,(H,16,23). The van der Waals surface area contributed by atoms with Crippen LogP contribution in [-0.4, -0.2) is 42.4 Å². The number of amides is 1. The van der Waals surface area contributed by atoms with Gasteiger partial charge in [-0.1, -0.05) is 37.3 Å². The number of fused-ring (bicyclic) bond motifs is 1. The maximum absolute atomic E-state index is 12.0. The lowest BCUT2D eigenvalue weighted by molar-refractivity contribution is -0.121. The summed E-state index contributed by atoms with van der Waals surface area (Å²) in [5.74, 6) is 1.93. The Kier molecular flexibility index (Phi) is 4.80. The Balaban J connectivity index is 1.43. The number of hydrogen-bond donors (Lipinski definition) is 1. The molecule has 1 amide bonds. The first-order valence-electron chi connectivity index (χ1n) is 8.10. The van der Waals surface area contributed by atoms with Crippen molar-refractivity contribution in [2.24, 2.45) is 0 Å². The van der Waals surface area contributed by atoms with Crippen LogP contribution in [0.25, 0.3) is 4.96 Å². The molecular weight excluding hydrogens is 342 g/mol. The predicted molar refractivity (Wildman–Crippen MR) is 91.4 cm³/mol. The number of rotatable bonds is 6. The zero-order valence-electron chi connectivity index (χ0n) is 14.7. The lowest BCUT2D eigenvalue weighted by Crippen LogP contribution is -2.26. The Labute approximate surface area is 148 Å². The monoisotopic (exact) mass is 363 g/mol. The van der Waals surface area contributed by atoms with Crippen LogP contribution in [0, 0.1) is 6.92 Å². The molecule has 0 saturated carbocycles. The summed E-state index contributed by atoms with van der Waals surface area (Å²) in [6.07, 6.45) is 1.50. The Bertz CT molecular complexity index is 874. The number of aromatic nitrogens is 6. The fourth-order valence-electron chi connectivity index (χ4n) is 2.14. The lowest BCUT2D eigenvalue weighted by Gasteiger charge is -2.10. The molecule has 0 atom stereocenters. The Hall–Kier alpha value is -2.36. The van der Waals surface area contributed by atoms with Crippen molar-refractivity contribution in [2.45, 2.75) is 52.4 Å². The summed E-state index contributed by atoms with van der Waals surface area (Å²) in [7, 11) is 0. The Morgan fingerprint density at radius 2 is 2.08 bits per heavy atom. The minimum Gasteiger partial charge on any atom is -0.356 e. The predicted octanol–water partition coefficient (Wildman–Crippen LogP) is 1.47. The van der Waals surface area contributed by atoms with Gasteiger partial charge in [0.25, 0.3) is 0 Å². The van der Waals surface area contributed by atoms with Gasteiger partial charge >= 0.3 is 0 Å². The molecule has 3 heterocycles. The van der Waals surface area contributed by atoms with Crippen LogP contribution < -0.4 is 5.32 Å². The van der Waals surface area contributed by atoms with E-state index in [1.54, 1.807) is 4.52 Å². The van der Waals surface area contributed by atoms with E-state index in [-0.39, 0.29) is 11.3 Å². The van der Waals surface area contributed by atoms with Crippen molar-refractivity contribution in [1.82, 2.24) is 35.3 Å². The van der Waals surface area contributed by atoms with E-state index in [9.17, 15) is 4.79 Å². The van der Waals surface area contributed by atoms with Gasteiger partial charge in [0.2, 0.25) is 16.8 Å². The second-order valence-electron chi connectivity index (χ2n) is 6.80. The fraction of sp³-hybridized carbons (Fsp3) is 0.600. The molecule has 0 saturated heterocycles. The van der Waals surface area contributed by atoms with Gasteiger partial charge in [-0.15, -0.1) is 10.2 Å². The smallest absolute Gasteiger partial charge is 0.234 e. The average Bonchev–Trinajstić information content (AvgIpc) is 3.23. The maximum Gasteiger partial charge on any atom is 0.234 e. The molecule has 3 aromatic rings. The van der Waals surface area contributed by atoms with E-state index in [2.05, 4.69) is 30.8 Å². The molecular formula is C15H21N7O2S. The van der Waals surface area contributed by atoms with E-state index in [1.165, 1.54) is 11.3 Å². The largest absolute Gasteiger partial charge is 0.356 e. The highest BCUT2D eigenvalue weighted by molar-refractivity contribution is 7.16. The molecule has 0 bridgehead atoms. The summed E-state index contributed by atoms with van der Waals surface area (Å²) < 4.78 is 6.92. The van der Waals surface area contributed by atoms with Gasteiger partial charge in [-0.2, -0.15) is 14.6 Å². The van der Waals surface area contributed by atoms with E-state index in [0.29, 0.717) is 37.5 Å². The quantitative estimate of drug-likeness (QED) is 0.706. The number of hydrogen-bond acceptors (Lipinski definition) is 8. The average molecular weight is 363 g/mol. The van der Waals surface area contributed by atoms with E-state index < -0.39 is 0 Å². The van der Waals surface area contributed by atoms with Gasteiger partial charge in [0.05, 0.1) is 0 Å². The zero-order chi connectivity index (χ0) is 18.0. The van der Waals surface area contributed by atoms with Gasteiger partial charge in [0.15, 0.2) is 11.6 Å². The first-order chi connectivity index (χ1) is 11.8. The van der Waals surface area contributed by atoms with Gasteiger partial charge in [-0.05, 0) is 6.92 Å². The number of nitrogens with zero attached hydrogens (tertiary/aromatic N) is 6. The van der Waals surface area contributed by atoms with Gasteiger partial charge in [-0.25, -0.2) is 0 Å². The molecule has 0 spiro atoms. The van der Waals surface area contributed by atoms with Crippen molar-refractivity contribution in [1.29, 1.82) is 0 Å². The van der Waals surface area contributed by atoms with E-state index in [1.807, 2.05) is 27.7 Å². The van der Waals surface area contributed by atoms with E-state index >= 15 is 0 Å². The molecule has 3 rings (SSSR count). The Morgan fingerprint density at radius 3 is 2.76 bits per heavy atom. The molecule has 0 fully saturated rings. The first-order valence-corrected chi connectivity index (χ1v) is 8.92. The van der Waals surface area contributed by atoms with Crippen molar-refractivity contribution >= 4 is 22.2 Å². The summed E-state index contributed by atoms with van der Waals surface area (Å²) in [4.78, 5) is 17.1. The lowest BCUT2D eigenvalue weighted by atomic mass is 9.97. The third-order valence-corrected chi connectivity index (χ3v) is 4.49. The first kappa shape index (κ1) is 17.5. The van der Waals surface area contributed by atoms with Crippen LogP contribution >= 0.6 is 11.3 Å². The molecule has 0 aliphatic rings.